The Balaban J connectivity index is 1.96. The van der Waals surface area contributed by atoms with Crippen LogP contribution >= 0.6 is 0 Å². The van der Waals surface area contributed by atoms with Gasteiger partial charge in [-0.25, -0.2) is 0 Å². The summed E-state index contributed by atoms with van der Waals surface area (Å²) in [7, 11) is 0. The van der Waals surface area contributed by atoms with Gasteiger partial charge in [0.2, 0.25) is 6.04 Å². The number of hydrogen-bond donors (Lipinski definition) is 0. The highest BCUT2D eigenvalue weighted by Crippen LogP contribution is 2.57. The molecule has 2 bridgehead atoms. The maximum atomic E-state index is 10.9. The fourth-order valence-electron chi connectivity index (χ4n) is 3.95. The van der Waals surface area contributed by atoms with Gasteiger partial charge >= 0.3 is 0 Å². The average Bonchev–Trinajstić information content (AvgIpc) is 2.86. The molecular weight excluding hydrogens is 196 g/mol. The summed E-state index contributed by atoms with van der Waals surface area (Å²) >= 11 is 0. The average molecular weight is 208 g/mol. The summed E-state index contributed by atoms with van der Waals surface area (Å²) in [6, 6.07) is -1.30. The fourth-order valence-corrected chi connectivity index (χ4v) is 3.95. The smallest absolute Gasteiger partial charge is 0.242 e. The molecule has 0 unspecified atom stereocenters. The third kappa shape index (κ3) is 0.979. The highest BCUT2D eigenvalue weighted by Gasteiger charge is 2.64. The van der Waals surface area contributed by atoms with Gasteiger partial charge in [0.25, 0.3) is 0 Å². The predicted octanol–water partition coefficient (Wildman–Crippen LogP) is 1.61. The van der Waals surface area contributed by atoms with Crippen molar-refractivity contribution in [1.29, 1.82) is 0 Å². The second-order valence-electron chi connectivity index (χ2n) is 4.84. The molecule has 15 heavy (non-hydrogen) atoms. The quantitative estimate of drug-likeness (QED) is 0.299. The molecule has 0 radical (unpaired) electrons. The first kappa shape index (κ1) is 9.00. The maximum Gasteiger partial charge on any atom is 0.242 e. The lowest BCUT2D eigenvalue weighted by Crippen LogP contribution is -2.43. The highest BCUT2D eigenvalue weighted by atomic mass is 16.6. The van der Waals surface area contributed by atoms with E-state index < -0.39 is 12.1 Å². The zero-order valence-corrected chi connectivity index (χ0v) is 8.15. The second-order valence-corrected chi connectivity index (χ2v) is 4.84. The van der Waals surface area contributed by atoms with E-state index in [0.717, 1.165) is 12.8 Å². The molecule has 0 saturated heterocycles. The number of hydrogen-bond acceptors (Lipinski definition) is 4. The third-order valence-corrected chi connectivity index (χ3v) is 4.44. The lowest BCUT2D eigenvalue weighted by atomic mass is 9.76. The van der Waals surface area contributed by atoms with Gasteiger partial charge in [-0.3, -0.25) is 10.1 Å². The van der Waals surface area contributed by atoms with Crippen LogP contribution < -0.4 is 0 Å². The summed E-state index contributed by atoms with van der Waals surface area (Å²) in [4.78, 5) is 21.4. The monoisotopic (exact) mass is 208 g/mol. The van der Waals surface area contributed by atoms with Crippen LogP contribution in [0.5, 0.6) is 0 Å². The lowest BCUT2D eigenvalue weighted by molar-refractivity contribution is -0.535. The molecule has 0 aromatic carbocycles. The number of rotatable bonds is 2. The van der Waals surface area contributed by atoms with Gasteiger partial charge in [-0.2, -0.15) is 4.91 Å². The van der Waals surface area contributed by atoms with Crippen LogP contribution in [0.4, 0.5) is 0 Å². The summed E-state index contributed by atoms with van der Waals surface area (Å²) < 4.78 is 0. The molecule has 0 amide bonds. The Morgan fingerprint density at radius 3 is 2.80 bits per heavy atom. The van der Waals surface area contributed by atoms with Crippen LogP contribution in [-0.4, -0.2) is 17.0 Å². The minimum atomic E-state index is -0.725. The van der Waals surface area contributed by atoms with E-state index in [0.29, 0.717) is 11.8 Å². The van der Waals surface area contributed by atoms with Crippen LogP contribution in [0.1, 0.15) is 12.8 Å². The Labute approximate surface area is 86.7 Å². The molecule has 0 heterocycles. The molecule has 3 rings (SSSR count). The summed E-state index contributed by atoms with van der Waals surface area (Å²) in [5.41, 5.74) is 0. The van der Waals surface area contributed by atoms with Crippen LogP contribution in [0, 0.1) is 38.7 Å². The third-order valence-electron chi connectivity index (χ3n) is 4.44. The van der Waals surface area contributed by atoms with Gasteiger partial charge in [0, 0.05) is 10.8 Å². The lowest BCUT2D eigenvalue weighted by Gasteiger charge is -2.29. The highest BCUT2D eigenvalue weighted by molar-refractivity contribution is 5.18. The Hall–Kier alpha value is -1.26. The van der Waals surface area contributed by atoms with Gasteiger partial charge in [0.15, 0.2) is 6.04 Å². The zero-order chi connectivity index (χ0) is 10.6. The maximum absolute atomic E-state index is 10.9. The summed E-state index contributed by atoms with van der Waals surface area (Å²) in [5.74, 6) is 0.997. The van der Waals surface area contributed by atoms with E-state index in [1.807, 2.05) is 0 Å². The van der Waals surface area contributed by atoms with Crippen molar-refractivity contribution < 1.29 is 4.92 Å². The van der Waals surface area contributed by atoms with E-state index in [1.165, 1.54) is 0 Å². The van der Waals surface area contributed by atoms with Gasteiger partial charge < -0.3 is 0 Å². The first-order valence-corrected chi connectivity index (χ1v) is 5.36. The molecule has 0 N–H and O–H groups in total. The molecule has 5 nitrogen and oxygen atoms in total. The van der Waals surface area contributed by atoms with E-state index in [1.54, 1.807) is 0 Å². The van der Waals surface area contributed by atoms with Gasteiger partial charge in [-0.15, -0.1) is 0 Å². The number of nitrogens with zero attached hydrogens (tertiary/aromatic N) is 2. The molecule has 3 aliphatic rings. The number of nitro groups is 1. The van der Waals surface area contributed by atoms with Gasteiger partial charge in [-0.05, 0) is 30.6 Å². The summed E-state index contributed by atoms with van der Waals surface area (Å²) in [5, 5.41) is 13.9. The SMILES string of the molecule is O=N[C@H]1[C@H]2C[C@H]([C@H]3C=CC[C@H]32)[C@H]1[N+](=O)[O-]. The van der Waals surface area contributed by atoms with Crippen molar-refractivity contribution in [3.8, 4) is 0 Å². The molecule has 0 aromatic rings. The van der Waals surface area contributed by atoms with Gasteiger partial charge in [0.05, 0.1) is 0 Å². The van der Waals surface area contributed by atoms with Crippen molar-refractivity contribution in [2.75, 3.05) is 0 Å². The van der Waals surface area contributed by atoms with Crippen LogP contribution in [-0.2, 0) is 0 Å². The molecule has 0 spiro atoms. The first-order chi connectivity index (χ1) is 7.24. The number of nitroso groups, excluding NO2 is 1. The molecule has 0 aromatic heterocycles. The molecule has 80 valence electrons. The van der Waals surface area contributed by atoms with E-state index in [2.05, 4.69) is 17.3 Å². The first-order valence-electron chi connectivity index (χ1n) is 5.36. The zero-order valence-electron chi connectivity index (χ0n) is 8.15. The van der Waals surface area contributed by atoms with Crippen molar-refractivity contribution in [3.63, 3.8) is 0 Å². The molecule has 6 atom stereocenters. The minimum Gasteiger partial charge on any atom is -0.264 e. The number of allylic oxidation sites excluding steroid dienone is 2. The Kier molecular flexibility index (Phi) is 1.72. The normalized spacial score (nSPS) is 50.7. The molecule has 5 heteroatoms. The van der Waals surface area contributed by atoms with E-state index in [-0.39, 0.29) is 16.8 Å². The second kappa shape index (κ2) is 2.87. The largest absolute Gasteiger partial charge is 0.264 e. The standard InChI is InChI=1S/C10H12N2O3/c13-11-9-7-4-8(10(9)12(14)15)6-3-1-2-5(6)7/h1,3,5-10H,2,4H2/t5-,6+,7+,8-,9+,10-/m1/s1. The van der Waals surface area contributed by atoms with Crippen molar-refractivity contribution >= 4 is 0 Å². The van der Waals surface area contributed by atoms with Crippen molar-refractivity contribution in [1.82, 2.24) is 0 Å². The van der Waals surface area contributed by atoms with Crippen molar-refractivity contribution in [2.45, 2.75) is 24.9 Å². The summed E-state index contributed by atoms with van der Waals surface area (Å²) in [6.45, 7) is 0. The molecule has 2 saturated carbocycles. The topological polar surface area (TPSA) is 72.6 Å². The Morgan fingerprint density at radius 1 is 1.33 bits per heavy atom. The Bertz CT molecular complexity index is 355. The molecule has 0 aliphatic heterocycles. The molecule has 2 fully saturated rings. The molecule has 3 aliphatic carbocycles. The van der Waals surface area contributed by atoms with E-state index >= 15 is 0 Å². The Morgan fingerprint density at radius 2 is 2.13 bits per heavy atom. The minimum absolute atomic E-state index is 0.0523. The van der Waals surface area contributed by atoms with E-state index in [9.17, 15) is 15.0 Å². The van der Waals surface area contributed by atoms with Crippen molar-refractivity contribution in [3.05, 3.63) is 27.2 Å². The molecular formula is C10H12N2O3. The van der Waals surface area contributed by atoms with Crippen molar-refractivity contribution in [2.24, 2.45) is 28.8 Å². The number of fused-ring (bicyclic) bond motifs is 5. The summed E-state index contributed by atoms with van der Waals surface area (Å²) in [6.07, 6.45) is 6.00. The fraction of sp³-hybridized carbons (Fsp3) is 0.800. The van der Waals surface area contributed by atoms with Crippen LogP contribution in [0.25, 0.3) is 0 Å². The predicted molar refractivity (Wildman–Crippen MR) is 52.7 cm³/mol. The van der Waals surface area contributed by atoms with E-state index in [4.69, 9.17) is 0 Å². The van der Waals surface area contributed by atoms with Crippen LogP contribution in [0.15, 0.2) is 17.3 Å². The van der Waals surface area contributed by atoms with Crippen LogP contribution in [0.3, 0.4) is 0 Å². The van der Waals surface area contributed by atoms with Crippen LogP contribution in [0.2, 0.25) is 0 Å². The van der Waals surface area contributed by atoms with Gasteiger partial charge in [-0.1, -0.05) is 17.3 Å². The van der Waals surface area contributed by atoms with Gasteiger partial charge in [0.1, 0.15) is 0 Å².